The first kappa shape index (κ1) is 7.16. The highest BCUT2D eigenvalue weighted by atomic mass is 16.5. The predicted octanol–water partition coefficient (Wildman–Crippen LogP) is 1.08. The highest BCUT2D eigenvalue weighted by Gasteiger charge is 2.22. The number of amides is 1. The number of anilines is 1. The molecule has 1 amide bonds. The van der Waals surface area contributed by atoms with E-state index in [4.69, 9.17) is 4.74 Å². The van der Waals surface area contributed by atoms with Gasteiger partial charge in [-0.15, -0.1) is 0 Å². The lowest BCUT2D eigenvalue weighted by Gasteiger charge is -2.23. The summed E-state index contributed by atoms with van der Waals surface area (Å²) in [6.07, 6.45) is 0. The average molecular weight is 161 g/mol. The van der Waals surface area contributed by atoms with Gasteiger partial charge < -0.3 is 9.64 Å². The van der Waals surface area contributed by atoms with E-state index in [1.54, 1.807) is 13.1 Å². The van der Waals surface area contributed by atoms with E-state index in [1.807, 2.05) is 18.2 Å². The summed E-state index contributed by atoms with van der Waals surface area (Å²) in [5.41, 5.74) is 0.779. The van der Waals surface area contributed by atoms with Crippen LogP contribution in [0.1, 0.15) is 0 Å². The Morgan fingerprint density at radius 2 is 2.17 bits per heavy atom. The van der Waals surface area contributed by atoms with E-state index in [9.17, 15) is 4.79 Å². The number of carbonyl (C=O) groups is 1. The zero-order valence-electron chi connectivity index (χ0n) is 6.57. The second-order valence-corrected chi connectivity index (χ2v) is 2.54. The molecule has 60 valence electrons. The van der Waals surface area contributed by atoms with Gasteiger partial charge in [0.15, 0.2) is 0 Å². The number of nitrogens with zero attached hydrogens (tertiary/aromatic N) is 1. The van der Waals surface area contributed by atoms with Crippen LogP contribution in [0.3, 0.4) is 0 Å². The van der Waals surface area contributed by atoms with Gasteiger partial charge in [-0.1, -0.05) is 12.1 Å². The smallest absolute Gasteiger partial charge is 0.293 e. The molecule has 0 N–H and O–H groups in total. The van der Waals surface area contributed by atoms with Crippen LogP contribution in [0.25, 0.3) is 0 Å². The molecule has 1 aliphatic heterocycles. The molecule has 0 spiro atoms. The zero-order valence-corrected chi connectivity index (χ0v) is 6.57. The summed E-state index contributed by atoms with van der Waals surface area (Å²) >= 11 is 0. The predicted molar refractivity (Wildman–Crippen MR) is 43.7 cm³/mol. The highest BCUT2D eigenvalue weighted by molar-refractivity contribution is 6.01. The van der Waals surface area contributed by atoms with Crippen LogP contribution in [0.2, 0.25) is 0 Å². The molecule has 0 atom stereocenters. The van der Waals surface area contributed by atoms with Crippen molar-refractivity contribution < 1.29 is 9.53 Å². The summed E-state index contributed by atoms with van der Waals surface area (Å²) in [5.74, 6) is 0.410. The van der Waals surface area contributed by atoms with Gasteiger partial charge in [-0.25, -0.2) is 0 Å². The monoisotopic (exact) mass is 161 g/mol. The molecule has 1 aliphatic rings. The minimum atomic E-state index is -0.256. The van der Waals surface area contributed by atoms with Crippen molar-refractivity contribution in [2.45, 2.75) is 0 Å². The van der Waals surface area contributed by atoms with E-state index in [0.29, 0.717) is 5.75 Å². The van der Waals surface area contributed by atoms with Crippen molar-refractivity contribution >= 4 is 11.6 Å². The topological polar surface area (TPSA) is 29.5 Å². The molecular formula is C9H7NO2. The van der Waals surface area contributed by atoms with Crippen LogP contribution in [-0.2, 0) is 4.79 Å². The first-order chi connectivity index (χ1) is 5.79. The fraction of sp³-hybridized carbons (Fsp3) is 0.111. The first-order valence-electron chi connectivity index (χ1n) is 3.58. The maximum absolute atomic E-state index is 11.0. The Balaban J connectivity index is 2.48. The van der Waals surface area contributed by atoms with Gasteiger partial charge in [0.1, 0.15) is 5.75 Å². The first-order valence-corrected chi connectivity index (χ1v) is 3.58. The number of hydrogen-bond acceptors (Lipinski definition) is 2. The van der Waals surface area contributed by atoms with Crippen LogP contribution in [-0.4, -0.2) is 13.0 Å². The van der Waals surface area contributed by atoms with Crippen molar-refractivity contribution in [2.75, 3.05) is 11.9 Å². The van der Waals surface area contributed by atoms with Crippen LogP contribution in [0.5, 0.6) is 5.75 Å². The van der Waals surface area contributed by atoms with Gasteiger partial charge in [0.25, 0.3) is 12.5 Å². The van der Waals surface area contributed by atoms with Gasteiger partial charge in [0.2, 0.25) is 0 Å². The summed E-state index contributed by atoms with van der Waals surface area (Å²) < 4.78 is 4.96. The molecule has 3 nitrogen and oxygen atoms in total. The maximum atomic E-state index is 11.0. The number of ether oxygens (including phenoxy) is 1. The Morgan fingerprint density at radius 3 is 3.00 bits per heavy atom. The summed E-state index contributed by atoms with van der Waals surface area (Å²) in [6.45, 7) is 2.27. The maximum Gasteiger partial charge on any atom is 0.293 e. The average Bonchev–Trinajstić information content (AvgIpc) is 2.12. The number of fused-ring (bicyclic) bond motifs is 1. The molecule has 0 aliphatic carbocycles. The van der Waals surface area contributed by atoms with E-state index in [-0.39, 0.29) is 5.91 Å². The standard InChI is InChI=1S/C9H7NO2/c1-10-7-4-2-3-5-8(7)12-6-9(10)11/h2-5H,1H3. The lowest BCUT2D eigenvalue weighted by atomic mass is 10.2. The summed E-state index contributed by atoms with van der Waals surface area (Å²) in [5, 5.41) is 0. The number of hydrogen-bond donors (Lipinski definition) is 0. The van der Waals surface area contributed by atoms with E-state index >= 15 is 0 Å². The molecule has 1 heterocycles. The van der Waals surface area contributed by atoms with E-state index < -0.39 is 0 Å². The number of para-hydroxylation sites is 2. The van der Waals surface area contributed by atoms with Gasteiger partial charge in [-0.2, -0.15) is 0 Å². The Labute approximate surface area is 70.6 Å². The van der Waals surface area contributed by atoms with Crippen molar-refractivity contribution in [3.63, 3.8) is 0 Å². The second-order valence-electron chi connectivity index (χ2n) is 2.54. The molecule has 0 aromatic heterocycles. The van der Waals surface area contributed by atoms with Crippen LogP contribution in [0.15, 0.2) is 24.3 Å². The summed E-state index contributed by atoms with van der Waals surface area (Å²) in [4.78, 5) is 12.5. The Hall–Kier alpha value is -1.51. The van der Waals surface area contributed by atoms with Gasteiger partial charge in [0.05, 0.1) is 5.69 Å². The van der Waals surface area contributed by atoms with E-state index in [1.165, 1.54) is 4.90 Å². The molecule has 0 unspecified atom stereocenters. The number of benzene rings is 1. The Bertz CT molecular complexity index is 322. The molecule has 0 saturated carbocycles. The second kappa shape index (κ2) is 2.52. The minimum Gasteiger partial charge on any atom is -0.465 e. The molecule has 2 radical (unpaired) electrons. The highest BCUT2D eigenvalue weighted by Crippen LogP contribution is 2.31. The quantitative estimate of drug-likeness (QED) is 0.569. The van der Waals surface area contributed by atoms with Crippen LogP contribution in [0.4, 0.5) is 5.69 Å². The molecule has 0 saturated heterocycles. The van der Waals surface area contributed by atoms with E-state index in [2.05, 4.69) is 6.61 Å². The lowest BCUT2D eigenvalue weighted by molar-refractivity contribution is -0.117. The van der Waals surface area contributed by atoms with Crippen molar-refractivity contribution in [2.24, 2.45) is 0 Å². The van der Waals surface area contributed by atoms with Gasteiger partial charge in [-0.05, 0) is 12.1 Å². The molecule has 0 bridgehead atoms. The number of likely N-dealkylation sites (N-methyl/N-ethyl adjacent to an activating group) is 1. The molecule has 1 aromatic carbocycles. The molecule has 0 fully saturated rings. The Morgan fingerprint density at radius 1 is 1.42 bits per heavy atom. The third-order valence-corrected chi connectivity index (χ3v) is 1.78. The third-order valence-electron chi connectivity index (χ3n) is 1.78. The third kappa shape index (κ3) is 0.942. The van der Waals surface area contributed by atoms with Gasteiger partial charge in [-0.3, -0.25) is 4.79 Å². The molecule has 2 rings (SSSR count). The van der Waals surface area contributed by atoms with Gasteiger partial charge >= 0.3 is 0 Å². The van der Waals surface area contributed by atoms with Crippen LogP contribution < -0.4 is 9.64 Å². The Kier molecular flexibility index (Phi) is 1.50. The molecule has 1 aromatic rings. The minimum absolute atomic E-state index is 0.256. The largest absolute Gasteiger partial charge is 0.465 e. The fourth-order valence-electron chi connectivity index (χ4n) is 1.10. The molecule has 3 heteroatoms. The van der Waals surface area contributed by atoms with Crippen molar-refractivity contribution in [3.8, 4) is 5.75 Å². The van der Waals surface area contributed by atoms with Crippen LogP contribution in [0, 0.1) is 6.61 Å². The van der Waals surface area contributed by atoms with Crippen molar-refractivity contribution in [1.82, 2.24) is 0 Å². The fourth-order valence-corrected chi connectivity index (χ4v) is 1.10. The summed E-state index contributed by atoms with van der Waals surface area (Å²) in [7, 11) is 1.69. The number of carbonyl (C=O) groups excluding carboxylic acids is 1. The van der Waals surface area contributed by atoms with Gasteiger partial charge in [0, 0.05) is 7.05 Å². The van der Waals surface area contributed by atoms with Crippen LogP contribution >= 0.6 is 0 Å². The van der Waals surface area contributed by atoms with Crippen molar-refractivity contribution in [1.29, 1.82) is 0 Å². The normalized spacial score (nSPS) is 15.4. The number of rotatable bonds is 0. The van der Waals surface area contributed by atoms with Crippen molar-refractivity contribution in [3.05, 3.63) is 30.9 Å². The lowest BCUT2D eigenvalue weighted by Crippen LogP contribution is -2.31. The SMILES string of the molecule is CN1C(=O)[C]Oc2ccccc21. The zero-order chi connectivity index (χ0) is 8.55. The molecule has 12 heavy (non-hydrogen) atoms. The summed E-state index contributed by atoms with van der Waals surface area (Å²) in [6, 6.07) is 7.33. The molecular weight excluding hydrogens is 154 g/mol. The van der Waals surface area contributed by atoms with E-state index in [0.717, 1.165) is 5.69 Å².